The van der Waals surface area contributed by atoms with Crippen LogP contribution in [0.25, 0.3) is 0 Å². The summed E-state index contributed by atoms with van der Waals surface area (Å²) >= 11 is 0. The Morgan fingerprint density at radius 1 is 0.878 bits per heavy atom. The van der Waals surface area contributed by atoms with Gasteiger partial charge in [0.1, 0.15) is 18.5 Å². The van der Waals surface area contributed by atoms with E-state index in [-0.39, 0.29) is 11.5 Å². The number of anilines is 1. The first-order valence-corrected chi connectivity index (χ1v) is 14.3. The van der Waals surface area contributed by atoms with Crippen molar-refractivity contribution in [1.82, 2.24) is 4.90 Å². The third kappa shape index (κ3) is 6.80. The van der Waals surface area contributed by atoms with Gasteiger partial charge in [-0.05, 0) is 84.7 Å². The predicted octanol–water partition coefficient (Wildman–Crippen LogP) is 7.13. The molecule has 1 aliphatic rings. The SMILES string of the molecule is CC(=O)O[C@@H](CN(Cc1ccccc1)C1(C)Cc2cc(C)c(C)cc2C1)c1ccc(OCc2ccccc2)c(N)c1. The van der Waals surface area contributed by atoms with Gasteiger partial charge in [0.15, 0.2) is 0 Å². The van der Waals surface area contributed by atoms with E-state index in [0.717, 1.165) is 30.5 Å². The molecule has 212 valence electrons. The van der Waals surface area contributed by atoms with Gasteiger partial charge in [-0.25, -0.2) is 0 Å². The molecule has 4 aromatic rings. The Morgan fingerprint density at radius 2 is 1.46 bits per heavy atom. The van der Waals surface area contributed by atoms with Crippen molar-refractivity contribution in [3.8, 4) is 5.75 Å². The monoisotopic (exact) mass is 548 g/mol. The molecule has 0 saturated carbocycles. The van der Waals surface area contributed by atoms with Crippen LogP contribution in [0.2, 0.25) is 0 Å². The summed E-state index contributed by atoms with van der Waals surface area (Å²) in [6.07, 6.45) is 1.40. The fraction of sp³-hybridized carbons (Fsp3) is 0.306. The summed E-state index contributed by atoms with van der Waals surface area (Å²) in [5.41, 5.74) is 15.5. The summed E-state index contributed by atoms with van der Waals surface area (Å²) < 4.78 is 12.0. The lowest BCUT2D eigenvalue weighted by Crippen LogP contribution is -2.48. The summed E-state index contributed by atoms with van der Waals surface area (Å²) in [6, 6.07) is 30.9. The van der Waals surface area contributed by atoms with Crippen molar-refractivity contribution < 1.29 is 14.3 Å². The van der Waals surface area contributed by atoms with Crippen molar-refractivity contribution in [2.75, 3.05) is 12.3 Å². The average Bonchev–Trinajstić information content (AvgIpc) is 3.28. The van der Waals surface area contributed by atoms with Gasteiger partial charge < -0.3 is 15.2 Å². The number of nitrogens with two attached hydrogens (primary N) is 1. The van der Waals surface area contributed by atoms with Gasteiger partial charge in [-0.1, -0.05) is 78.9 Å². The van der Waals surface area contributed by atoms with Crippen LogP contribution in [-0.2, 0) is 35.5 Å². The van der Waals surface area contributed by atoms with Crippen LogP contribution in [0.3, 0.4) is 0 Å². The maximum Gasteiger partial charge on any atom is 0.303 e. The highest BCUT2D eigenvalue weighted by Crippen LogP contribution is 2.39. The molecule has 5 rings (SSSR count). The zero-order valence-corrected chi connectivity index (χ0v) is 24.5. The number of ether oxygens (including phenoxy) is 2. The topological polar surface area (TPSA) is 64.8 Å². The van der Waals surface area contributed by atoms with Gasteiger partial charge >= 0.3 is 5.97 Å². The molecule has 0 aliphatic heterocycles. The summed E-state index contributed by atoms with van der Waals surface area (Å²) in [5, 5.41) is 0. The molecule has 0 bridgehead atoms. The predicted molar refractivity (Wildman–Crippen MR) is 165 cm³/mol. The number of carbonyl (C=O) groups is 1. The highest BCUT2D eigenvalue weighted by atomic mass is 16.5. The van der Waals surface area contributed by atoms with Gasteiger partial charge in [-0.3, -0.25) is 9.69 Å². The zero-order valence-electron chi connectivity index (χ0n) is 24.5. The average molecular weight is 549 g/mol. The molecule has 2 N–H and O–H groups in total. The highest BCUT2D eigenvalue weighted by Gasteiger charge is 2.40. The Morgan fingerprint density at radius 3 is 2.02 bits per heavy atom. The Labute approximate surface area is 243 Å². The molecule has 1 aliphatic carbocycles. The zero-order chi connectivity index (χ0) is 29.0. The second-order valence-electron chi connectivity index (χ2n) is 11.6. The van der Waals surface area contributed by atoms with Crippen molar-refractivity contribution in [3.63, 3.8) is 0 Å². The fourth-order valence-electron chi connectivity index (χ4n) is 5.90. The number of carbonyl (C=O) groups excluding carboxylic acids is 1. The molecule has 0 fully saturated rings. The van der Waals surface area contributed by atoms with Crippen molar-refractivity contribution >= 4 is 11.7 Å². The number of hydrogen-bond acceptors (Lipinski definition) is 5. The van der Waals surface area contributed by atoms with E-state index in [9.17, 15) is 4.79 Å². The number of esters is 1. The molecule has 0 heterocycles. The fourth-order valence-corrected chi connectivity index (χ4v) is 5.90. The molecule has 5 nitrogen and oxygen atoms in total. The number of benzene rings is 4. The molecule has 0 saturated heterocycles. The van der Waals surface area contributed by atoms with Gasteiger partial charge in [0.05, 0.1) is 5.69 Å². The van der Waals surface area contributed by atoms with E-state index in [1.807, 2.05) is 54.6 Å². The van der Waals surface area contributed by atoms with Gasteiger partial charge in [0.25, 0.3) is 0 Å². The van der Waals surface area contributed by atoms with Crippen LogP contribution in [0.4, 0.5) is 5.69 Å². The minimum atomic E-state index is -0.481. The summed E-state index contributed by atoms with van der Waals surface area (Å²) in [5.74, 6) is 0.299. The third-order valence-electron chi connectivity index (χ3n) is 8.28. The van der Waals surface area contributed by atoms with Gasteiger partial charge in [0.2, 0.25) is 0 Å². The number of rotatable bonds is 10. The van der Waals surface area contributed by atoms with E-state index < -0.39 is 6.10 Å². The maximum absolute atomic E-state index is 12.3. The van der Waals surface area contributed by atoms with Crippen molar-refractivity contribution in [2.24, 2.45) is 0 Å². The molecule has 41 heavy (non-hydrogen) atoms. The van der Waals surface area contributed by atoms with Crippen LogP contribution in [0.1, 0.15) is 58.9 Å². The van der Waals surface area contributed by atoms with Crippen LogP contribution in [0.5, 0.6) is 5.75 Å². The molecular formula is C36H40N2O3. The van der Waals surface area contributed by atoms with Crippen LogP contribution >= 0.6 is 0 Å². The van der Waals surface area contributed by atoms with Gasteiger partial charge in [-0.2, -0.15) is 0 Å². The van der Waals surface area contributed by atoms with E-state index in [0.29, 0.717) is 24.6 Å². The Kier molecular flexibility index (Phi) is 8.46. The van der Waals surface area contributed by atoms with Crippen molar-refractivity contribution in [3.05, 3.63) is 130 Å². The Hall–Kier alpha value is -4.09. The Balaban J connectivity index is 1.42. The van der Waals surface area contributed by atoms with E-state index >= 15 is 0 Å². The van der Waals surface area contributed by atoms with Crippen LogP contribution in [0.15, 0.2) is 91.0 Å². The van der Waals surface area contributed by atoms with E-state index in [2.05, 4.69) is 62.1 Å². The van der Waals surface area contributed by atoms with Crippen molar-refractivity contribution in [1.29, 1.82) is 0 Å². The van der Waals surface area contributed by atoms with E-state index in [1.165, 1.54) is 34.7 Å². The first kappa shape index (κ1) is 28.4. The number of fused-ring (bicyclic) bond motifs is 1. The summed E-state index contributed by atoms with van der Waals surface area (Å²) in [6.45, 7) is 9.88. The maximum atomic E-state index is 12.3. The second kappa shape index (κ2) is 12.2. The Bertz CT molecular complexity index is 1470. The molecule has 0 spiro atoms. The molecule has 1 atom stereocenters. The molecule has 0 amide bonds. The molecule has 5 heteroatoms. The van der Waals surface area contributed by atoms with Crippen LogP contribution < -0.4 is 10.5 Å². The second-order valence-corrected chi connectivity index (χ2v) is 11.6. The normalized spacial score (nSPS) is 14.5. The molecule has 0 unspecified atom stereocenters. The standard InChI is InChI=1S/C36H40N2O3/c1-25-17-31-20-36(4,21-32(31)18-26(25)2)38(22-28-11-7-5-8-12-28)23-35(41-27(3)39)30-15-16-34(33(37)19-30)40-24-29-13-9-6-10-14-29/h5-19,35H,20-24,37H2,1-4H3/t35-/m0/s1. The molecular weight excluding hydrogens is 508 g/mol. The molecule has 4 aromatic carbocycles. The van der Waals surface area contributed by atoms with Crippen LogP contribution in [-0.4, -0.2) is 23.0 Å². The lowest BCUT2D eigenvalue weighted by molar-refractivity contribution is -0.148. The lowest BCUT2D eigenvalue weighted by atomic mass is 9.93. The first-order chi connectivity index (χ1) is 19.7. The lowest BCUT2D eigenvalue weighted by Gasteiger charge is -2.40. The minimum Gasteiger partial charge on any atom is -0.487 e. The summed E-state index contributed by atoms with van der Waals surface area (Å²) in [7, 11) is 0. The third-order valence-corrected chi connectivity index (χ3v) is 8.28. The van der Waals surface area contributed by atoms with Gasteiger partial charge in [-0.15, -0.1) is 0 Å². The first-order valence-electron chi connectivity index (χ1n) is 14.3. The van der Waals surface area contributed by atoms with E-state index in [1.54, 1.807) is 0 Å². The highest BCUT2D eigenvalue weighted by molar-refractivity contribution is 5.66. The quantitative estimate of drug-likeness (QED) is 0.169. The van der Waals surface area contributed by atoms with Crippen molar-refractivity contribution in [2.45, 2.75) is 65.3 Å². The van der Waals surface area contributed by atoms with E-state index in [4.69, 9.17) is 15.2 Å². The van der Waals surface area contributed by atoms with Gasteiger partial charge in [0, 0.05) is 25.6 Å². The number of nitrogens with zero attached hydrogens (tertiary/aromatic N) is 1. The number of hydrogen-bond donors (Lipinski definition) is 1. The summed E-state index contributed by atoms with van der Waals surface area (Å²) in [4.78, 5) is 14.8. The molecule has 0 aromatic heterocycles. The number of nitrogen functional groups attached to an aromatic ring is 1. The smallest absolute Gasteiger partial charge is 0.303 e. The van der Waals surface area contributed by atoms with Crippen LogP contribution in [0, 0.1) is 13.8 Å². The molecule has 0 radical (unpaired) electrons. The number of aryl methyl sites for hydroxylation is 2. The minimum absolute atomic E-state index is 0.138. The largest absolute Gasteiger partial charge is 0.487 e.